The van der Waals surface area contributed by atoms with Gasteiger partial charge in [0.15, 0.2) is 0 Å². The number of nitrogens with zero attached hydrogens (tertiary/aromatic N) is 2. The fourth-order valence-corrected chi connectivity index (χ4v) is 8.36. The first-order chi connectivity index (χ1) is 36.2. The molecule has 4 aliphatic rings. The van der Waals surface area contributed by atoms with E-state index in [-0.39, 0.29) is 66.5 Å². The second-order valence-electron chi connectivity index (χ2n) is 20.6. The van der Waals surface area contributed by atoms with Crippen molar-refractivity contribution in [2.24, 2.45) is 17.1 Å². The lowest BCUT2D eigenvalue weighted by Gasteiger charge is -2.36. The molecular weight excluding hydrogens is 973 g/mol. The summed E-state index contributed by atoms with van der Waals surface area (Å²) in [5.41, 5.74) is 7.04. The van der Waals surface area contributed by atoms with E-state index in [0.29, 0.717) is 31.9 Å². The monoisotopic (exact) mass is 1060 g/mol. The number of carbonyl (C=O) groups excluding carboxylic acids is 8. The summed E-state index contributed by atoms with van der Waals surface area (Å²) in [5.74, 6) is 0.388. The van der Waals surface area contributed by atoms with Crippen LogP contribution in [0.2, 0.25) is 0 Å². The number of hydrogen-bond donors (Lipinski definition) is 8. The number of fused-ring (bicyclic) bond motifs is 2. The molecular formula is C56H84N10O10. The predicted molar refractivity (Wildman–Crippen MR) is 292 cm³/mol. The van der Waals surface area contributed by atoms with E-state index in [1.165, 1.54) is 29.9 Å². The highest BCUT2D eigenvalue weighted by atomic mass is 16.5. The van der Waals surface area contributed by atoms with Crippen LogP contribution in [0.3, 0.4) is 0 Å². The first-order valence-corrected chi connectivity index (χ1v) is 26.1. The van der Waals surface area contributed by atoms with Crippen LogP contribution in [-0.4, -0.2) is 149 Å². The number of nitrogens with one attached hydrogen (secondary N) is 7. The second kappa shape index (κ2) is 32.5. The number of benzene rings is 3. The van der Waals surface area contributed by atoms with E-state index in [4.69, 9.17) is 15.2 Å². The van der Waals surface area contributed by atoms with Gasteiger partial charge in [-0.05, 0) is 89.0 Å². The fraction of sp³-hybridized carbons (Fsp3) is 0.536. The first kappa shape index (κ1) is 63.4. The minimum Gasteiger partial charge on any atom is -0.493 e. The average Bonchev–Trinajstić information content (AvgIpc) is 4.10. The van der Waals surface area contributed by atoms with Crippen LogP contribution >= 0.6 is 0 Å². The molecule has 20 nitrogen and oxygen atoms in total. The molecule has 0 radical (unpaired) electrons. The van der Waals surface area contributed by atoms with E-state index in [1.54, 1.807) is 40.2 Å². The number of hydrogen-bond acceptors (Lipinski definition) is 13. The minimum atomic E-state index is -0.922. The van der Waals surface area contributed by atoms with E-state index in [2.05, 4.69) is 58.0 Å². The standard InChI is InChI=1S/C31H40N6O6.C10H11NO2.C7H14N2O.C4H9NO.C4H10/c1-31(2,3)26(36-25(38)16-33-4)30(42)37-17-20(34-28(40)19-9-7-8-18(14-19)27(32)39)15-23(37)29(41)35-22-12-13-43-24-11-6-5-10-21(22)24;12-7-11-9-5-6-13-10-4-2-1-3-8(9)10;1-8-6-7(10)9-4-2-3-5-9;1-4(3-6)5-2;1-4(2)3/h5-11,14,20,22-23,26,33H,12-13,15-17H2,1-4H3,(H2,32,39)(H,34,40)(H,35,41)(H,36,38);1-4,7,9H,5-6H2,(H,11,12);8H,2-6H2,1H3;3-5H,1-2H3;4H,1-3H3. The Morgan fingerprint density at radius 1 is 0.750 bits per heavy atom. The number of para-hydroxylation sites is 2. The van der Waals surface area contributed by atoms with Crippen molar-refractivity contribution in [3.05, 3.63) is 95.1 Å². The number of nitrogens with two attached hydrogens (primary N) is 1. The maximum Gasteiger partial charge on any atom is 0.251 e. The molecule has 418 valence electrons. The predicted octanol–water partition coefficient (Wildman–Crippen LogP) is 3.42. The lowest BCUT2D eigenvalue weighted by molar-refractivity contribution is -0.144. The minimum absolute atomic E-state index is 0.00463. The number of amides is 7. The van der Waals surface area contributed by atoms with E-state index in [9.17, 15) is 38.4 Å². The van der Waals surface area contributed by atoms with Crippen molar-refractivity contribution < 1.29 is 47.8 Å². The van der Waals surface area contributed by atoms with Gasteiger partial charge in [-0.2, -0.15) is 0 Å². The zero-order valence-electron chi connectivity index (χ0n) is 46.2. The molecule has 7 amide bonds. The number of rotatable bonds is 15. The van der Waals surface area contributed by atoms with Crippen molar-refractivity contribution in [3.63, 3.8) is 0 Å². The van der Waals surface area contributed by atoms with Crippen molar-refractivity contribution >= 4 is 48.1 Å². The maximum absolute atomic E-state index is 14.1. The van der Waals surface area contributed by atoms with Crippen LogP contribution in [0.25, 0.3) is 0 Å². The SMILES string of the molecule is CC(C)C.CNC(C)C=O.CNCC(=O)N1CCCC1.CNCC(=O)NC(C(=O)N1CC(NC(=O)c2cccc(C(N)=O)c2)CC1C(=O)NC1CCOc2ccccc21)C(C)(C)C.O=CNC1CCOc2ccccc21. The summed E-state index contributed by atoms with van der Waals surface area (Å²) in [7, 11) is 5.18. The number of primary amides is 1. The van der Waals surface area contributed by atoms with Crippen LogP contribution in [0, 0.1) is 11.3 Å². The number of likely N-dealkylation sites (N-methyl/N-ethyl adjacent to an activating group) is 3. The fourth-order valence-electron chi connectivity index (χ4n) is 8.36. The second-order valence-corrected chi connectivity index (χ2v) is 20.6. The van der Waals surface area contributed by atoms with Gasteiger partial charge < -0.3 is 67.0 Å². The van der Waals surface area contributed by atoms with E-state index < -0.39 is 41.3 Å². The molecule has 3 aromatic rings. The number of carbonyl (C=O) groups is 8. The van der Waals surface area contributed by atoms with Crippen LogP contribution in [0.5, 0.6) is 11.5 Å². The molecule has 0 bridgehead atoms. The Morgan fingerprint density at radius 2 is 1.30 bits per heavy atom. The third-order valence-corrected chi connectivity index (χ3v) is 12.3. The van der Waals surface area contributed by atoms with E-state index in [1.807, 2.05) is 74.2 Å². The molecule has 6 atom stereocenters. The first-order valence-electron chi connectivity index (χ1n) is 26.1. The lowest BCUT2D eigenvalue weighted by Crippen LogP contribution is -2.58. The van der Waals surface area contributed by atoms with Gasteiger partial charge in [-0.3, -0.25) is 33.6 Å². The number of aldehydes is 1. The Balaban J connectivity index is 0.000000367. The molecule has 0 aromatic heterocycles. The third-order valence-electron chi connectivity index (χ3n) is 12.3. The zero-order chi connectivity index (χ0) is 56.4. The van der Waals surface area contributed by atoms with E-state index in [0.717, 1.165) is 55.0 Å². The van der Waals surface area contributed by atoms with Gasteiger partial charge in [0.25, 0.3) is 5.91 Å². The summed E-state index contributed by atoms with van der Waals surface area (Å²) in [6.45, 7) is 17.4. The Hall–Kier alpha value is -6.90. The van der Waals surface area contributed by atoms with Crippen molar-refractivity contribution in [3.8, 4) is 11.5 Å². The molecule has 76 heavy (non-hydrogen) atoms. The number of likely N-dealkylation sites (tertiary alicyclic amines) is 2. The Bertz CT molecular complexity index is 2350. The largest absolute Gasteiger partial charge is 0.493 e. The summed E-state index contributed by atoms with van der Waals surface area (Å²) < 4.78 is 11.2. The lowest BCUT2D eigenvalue weighted by atomic mass is 9.85. The molecule has 2 saturated heterocycles. The highest BCUT2D eigenvalue weighted by Crippen LogP contribution is 2.33. The Kier molecular flexibility index (Phi) is 27.1. The van der Waals surface area contributed by atoms with Gasteiger partial charge in [0.1, 0.15) is 29.9 Å². The highest BCUT2D eigenvalue weighted by molar-refractivity contribution is 5.99. The molecule has 4 heterocycles. The molecule has 6 unspecified atom stereocenters. The molecule has 0 spiro atoms. The highest BCUT2D eigenvalue weighted by Gasteiger charge is 2.46. The van der Waals surface area contributed by atoms with Gasteiger partial charge in [-0.1, -0.05) is 84.0 Å². The molecule has 0 aliphatic carbocycles. The van der Waals surface area contributed by atoms with Crippen LogP contribution in [0.1, 0.15) is 124 Å². The Labute approximate surface area is 449 Å². The van der Waals surface area contributed by atoms with Crippen molar-refractivity contribution in [1.29, 1.82) is 0 Å². The quantitative estimate of drug-likeness (QED) is 0.102. The van der Waals surface area contributed by atoms with Crippen LogP contribution < -0.4 is 52.4 Å². The summed E-state index contributed by atoms with van der Waals surface area (Å²) in [4.78, 5) is 99.7. The maximum atomic E-state index is 14.1. The summed E-state index contributed by atoms with van der Waals surface area (Å²) in [6, 6.07) is 18.7. The van der Waals surface area contributed by atoms with Crippen LogP contribution in [-0.2, 0) is 28.8 Å². The van der Waals surface area contributed by atoms with Gasteiger partial charge in [-0.25, -0.2) is 0 Å². The van der Waals surface area contributed by atoms with Gasteiger partial charge in [0.05, 0.1) is 44.4 Å². The molecule has 4 aliphatic heterocycles. The van der Waals surface area contributed by atoms with Crippen molar-refractivity contribution in [2.75, 3.05) is 67.1 Å². The summed E-state index contributed by atoms with van der Waals surface area (Å²) in [6.07, 6.45) is 5.52. The van der Waals surface area contributed by atoms with Gasteiger partial charge in [0, 0.05) is 60.8 Å². The van der Waals surface area contributed by atoms with E-state index >= 15 is 0 Å². The third kappa shape index (κ3) is 20.7. The molecule has 0 saturated carbocycles. The molecule has 7 rings (SSSR count). The van der Waals surface area contributed by atoms with Crippen LogP contribution in [0.4, 0.5) is 0 Å². The van der Waals surface area contributed by atoms with Gasteiger partial charge >= 0.3 is 0 Å². The van der Waals surface area contributed by atoms with Crippen molar-refractivity contribution in [2.45, 2.75) is 117 Å². The molecule has 2 fully saturated rings. The molecule has 3 aromatic carbocycles. The van der Waals surface area contributed by atoms with Gasteiger partial charge in [0.2, 0.25) is 35.9 Å². The van der Waals surface area contributed by atoms with Gasteiger partial charge in [-0.15, -0.1) is 0 Å². The van der Waals surface area contributed by atoms with Crippen molar-refractivity contribution in [1.82, 2.24) is 47.0 Å². The zero-order valence-corrected chi connectivity index (χ0v) is 46.2. The molecule has 20 heteroatoms. The topological polar surface area (TPSA) is 272 Å². The average molecular weight is 1060 g/mol. The number of ether oxygens (including phenoxy) is 2. The smallest absolute Gasteiger partial charge is 0.251 e. The summed E-state index contributed by atoms with van der Waals surface area (Å²) in [5, 5.41) is 20.0. The summed E-state index contributed by atoms with van der Waals surface area (Å²) >= 11 is 0. The normalized spacial score (nSPS) is 18.8. The molecule has 9 N–H and O–H groups in total. The Morgan fingerprint density at radius 3 is 1.82 bits per heavy atom. The van der Waals surface area contributed by atoms with Crippen LogP contribution in [0.15, 0.2) is 72.8 Å².